The lowest BCUT2D eigenvalue weighted by Gasteiger charge is -2.24. The number of unbranched alkanes of at least 4 members (excludes halogenated alkanes) is 1. The molecule has 0 spiro atoms. The van der Waals surface area contributed by atoms with Crippen LogP contribution in [0.1, 0.15) is 43.4 Å². The first kappa shape index (κ1) is 23.6. The molecule has 1 N–H and O–H groups in total. The predicted octanol–water partition coefficient (Wildman–Crippen LogP) is 5.46. The fourth-order valence-corrected chi connectivity index (χ4v) is 4.66. The van der Waals surface area contributed by atoms with E-state index in [9.17, 15) is 23.1 Å². The molecule has 168 valence electrons. The van der Waals surface area contributed by atoms with Gasteiger partial charge in [-0.3, -0.25) is 9.69 Å². The van der Waals surface area contributed by atoms with Gasteiger partial charge < -0.3 is 9.84 Å². The first-order chi connectivity index (χ1) is 14.8. The van der Waals surface area contributed by atoms with E-state index in [1.165, 1.54) is 0 Å². The van der Waals surface area contributed by atoms with Crippen LogP contribution in [0.4, 0.5) is 18.9 Å². The van der Waals surface area contributed by atoms with Crippen LogP contribution >= 0.6 is 11.8 Å². The zero-order chi connectivity index (χ0) is 22.4. The van der Waals surface area contributed by atoms with Gasteiger partial charge in [-0.2, -0.15) is 13.2 Å². The van der Waals surface area contributed by atoms with Gasteiger partial charge in [-0.25, -0.2) is 0 Å². The van der Waals surface area contributed by atoms with Crippen LogP contribution in [-0.4, -0.2) is 34.4 Å². The molecule has 1 amide bonds. The highest BCUT2D eigenvalue weighted by atomic mass is 32.2. The molecule has 1 aliphatic rings. The first-order valence-corrected chi connectivity index (χ1v) is 11.2. The van der Waals surface area contributed by atoms with Crippen molar-refractivity contribution in [2.24, 2.45) is 0 Å². The van der Waals surface area contributed by atoms with Gasteiger partial charge in [-0.1, -0.05) is 62.2 Å². The molecule has 31 heavy (non-hydrogen) atoms. The molecule has 4 nitrogen and oxygen atoms in total. The highest BCUT2D eigenvalue weighted by molar-refractivity contribution is 8.02. The van der Waals surface area contributed by atoms with E-state index in [0.717, 1.165) is 23.3 Å². The summed E-state index contributed by atoms with van der Waals surface area (Å²) in [6, 6.07) is 15.8. The number of halogens is 3. The molecule has 0 aliphatic carbocycles. The molecule has 1 heterocycles. The molecule has 8 heteroatoms. The van der Waals surface area contributed by atoms with Gasteiger partial charge in [-0.05, 0) is 29.7 Å². The van der Waals surface area contributed by atoms with E-state index in [4.69, 9.17) is 4.74 Å². The molecular weight excluding hydrogens is 427 g/mol. The Bertz CT molecular complexity index is 845. The van der Waals surface area contributed by atoms with Gasteiger partial charge in [-0.15, -0.1) is 11.8 Å². The largest absolute Gasteiger partial charge is 0.409 e. The Morgan fingerprint density at radius 1 is 1.13 bits per heavy atom. The lowest BCUT2D eigenvalue weighted by molar-refractivity contribution is -0.147. The van der Waals surface area contributed by atoms with E-state index in [0.29, 0.717) is 29.4 Å². The molecule has 0 bridgehead atoms. The molecule has 1 saturated heterocycles. The second-order valence-corrected chi connectivity index (χ2v) is 8.76. The summed E-state index contributed by atoms with van der Waals surface area (Å²) >= 11 is 0.562. The molecular formula is C23H26F3NO3S. The Morgan fingerprint density at radius 3 is 2.42 bits per heavy atom. The van der Waals surface area contributed by atoms with Crippen molar-refractivity contribution in [3.05, 3.63) is 65.7 Å². The minimum Gasteiger partial charge on any atom is -0.388 e. The first-order valence-electron chi connectivity index (χ1n) is 10.3. The lowest BCUT2D eigenvalue weighted by atomic mass is 10.0. The Hall–Kier alpha value is -2.03. The monoisotopic (exact) mass is 453 g/mol. The number of thioether (sulfide) groups is 1. The summed E-state index contributed by atoms with van der Waals surface area (Å²) in [5, 5.41) is 7.32. The third-order valence-electron chi connectivity index (χ3n) is 5.10. The fraction of sp³-hybridized carbons (Fsp3) is 0.435. The Labute approximate surface area is 184 Å². The molecule has 0 aromatic heterocycles. The predicted molar refractivity (Wildman–Crippen MR) is 116 cm³/mol. The highest BCUT2D eigenvalue weighted by Gasteiger charge is 2.55. The molecule has 2 aromatic carbocycles. The standard InChI is InChI=1S/C23H26F3NO3S/c1-2-3-9-19(28)17-10-12-18(13-11-17)27-20(31-21(22(27)29)23(24,25)26)15-30-14-16-7-5-4-6-8-16/h4-8,10-13,19-21,28H,2-3,9,14-15H2,1H3. The summed E-state index contributed by atoms with van der Waals surface area (Å²) in [4.78, 5) is 13.8. The van der Waals surface area contributed by atoms with E-state index < -0.39 is 28.8 Å². The minimum absolute atomic E-state index is 0.0290. The average Bonchev–Trinajstić information content (AvgIpc) is 3.09. The van der Waals surface area contributed by atoms with Crippen LogP contribution in [0, 0.1) is 0 Å². The number of hydrogen-bond donors (Lipinski definition) is 1. The molecule has 1 aliphatic heterocycles. The fourth-order valence-electron chi connectivity index (χ4n) is 3.44. The Kier molecular flexibility index (Phi) is 8.02. The lowest BCUT2D eigenvalue weighted by Crippen LogP contribution is -2.40. The molecule has 0 radical (unpaired) electrons. The maximum absolute atomic E-state index is 13.4. The maximum Gasteiger partial charge on any atom is 0.409 e. The number of aliphatic hydroxyl groups is 1. The van der Waals surface area contributed by atoms with Crippen molar-refractivity contribution in [1.29, 1.82) is 0 Å². The zero-order valence-electron chi connectivity index (χ0n) is 17.2. The van der Waals surface area contributed by atoms with E-state index in [-0.39, 0.29) is 13.2 Å². The van der Waals surface area contributed by atoms with Crippen molar-refractivity contribution < 1.29 is 27.8 Å². The van der Waals surface area contributed by atoms with Crippen molar-refractivity contribution >= 4 is 23.4 Å². The van der Waals surface area contributed by atoms with Crippen molar-refractivity contribution in [1.82, 2.24) is 0 Å². The molecule has 3 rings (SSSR count). The second-order valence-electron chi connectivity index (χ2n) is 7.47. The minimum atomic E-state index is -4.63. The van der Waals surface area contributed by atoms with Crippen LogP contribution < -0.4 is 4.90 Å². The smallest absolute Gasteiger partial charge is 0.388 e. The quantitative estimate of drug-likeness (QED) is 0.548. The van der Waals surface area contributed by atoms with Crippen molar-refractivity contribution in [3.63, 3.8) is 0 Å². The number of benzene rings is 2. The number of aliphatic hydroxyl groups excluding tert-OH is 1. The van der Waals surface area contributed by atoms with Gasteiger partial charge in [0.15, 0.2) is 5.25 Å². The zero-order valence-corrected chi connectivity index (χ0v) is 18.0. The van der Waals surface area contributed by atoms with Gasteiger partial charge in [0, 0.05) is 5.69 Å². The van der Waals surface area contributed by atoms with Crippen molar-refractivity contribution in [2.45, 2.75) is 55.7 Å². The van der Waals surface area contributed by atoms with Gasteiger partial charge in [0.2, 0.25) is 0 Å². The third-order valence-corrected chi connectivity index (χ3v) is 6.50. The molecule has 0 saturated carbocycles. The summed E-state index contributed by atoms with van der Waals surface area (Å²) in [6.07, 6.45) is -2.83. The van der Waals surface area contributed by atoms with E-state index >= 15 is 0 Å². The topological polar surface area (TPSA) is 49.8 Å². The normalized spacial score (nSPS) is 20.3. The van der Waals surface area contributed by atoms with E-state index in [2.05, 4.69) is 0 Å². The van der Waals surface area contributed by atoms with Crippen LogP contribution in [0.25, 0.3) is 0 Å². The van der Waals surface area contributed by atoms with Gasteiger partial charge in [0.1, 0.15) is 5.37 Å². The molecule has 2 aromatic rings. The van der Waals surface area contributed by atoms with Crippen LogP contribution in [0.2, 0.25) is 0 Å². The number of anilines is 1. The molecule has 3 unspecified atom stereocenters. The molecule has 3 atom stereocenters. The SMILES string of the molecule is CCCCC(O)c1ccc(N2C(=O)C(C(F)(F)F)SC2COCc2ccccc2)cc1. The van der Waals surface area contributed by atoms with Crippen molar-refractivity contribution in [2.75, 3.05) is 11.5 Å². The summed E-state index contributed by atoms with van der Waals surface area (Å²) in [6.45, 7) is 2.25. The summed E-state index contributed by atoms with van der Waals surface area (Å²) in [5.74, 6) is -0.995. The number of rotatable bonds is 9. The third kappa shape index (κ3) is 6.02. The Balaban J connectivity index is 1.74. The van der Waals surface area contributed by atoms with E-state index in [1.54, 1.807) is 24.3 Å². The summed E-state index contributed by atoms with van der Waals surface area (Å²) in [7, 11) is 0. The number of alkyl halides is 3. The number of carbonyl (C=O) groups excluding carboxylic acids is 1. The average molecular weight is 454 g/mol. The molecule has 1 fully saturated rings. The van der Waals surface area contributed by atoms with Gasteiger partial charge in [0.25, 0.3) is 5.91 Å². The second kappa shape index (κ2) is 10.5. The number of nitrogens with zero attached hydrogens (tertiary/aromatic N) is 1. The Morgan fingerprint density at radius 2 is 1.81 bits per heavy atom. The highest BCUT2D eigenvalue weighted by Crippen LogP contribution is 2.43. The number of carbonyl (C=O) groups is 1. The van der Waals surface area contributed by atoms with Crippen molar-refractivity contribution in [3.8, 4) is 0 Å². The van der Waals surface area contributed by atoms with Gasteiger partial charge in [0.05, 0.1) is 19.3 Å². The van der Waals surface area contributed by atoms with Crippen LogP contribution in [0.3, 0.4) is 0 Å². The number of ether oxygens (including phenoxy) is 1. The van der Waals surface area contributed by atoms with E-state index in [1.807, 2.05) is 37.3 Å². The van der Waals surface area contributed by atoms with Crippen LogP contribution in [0.5, 0.6) is 0 Å². The number of hydrogen-bond acceptors (Lipinski definition) is 4. The summed E-state index contributed by atoms with van der Waals surface area (Å²) < 4.78 is 45.9. The van der Waals surface area contributed by atoms with Gasteiger partial charge >= 0.3 is 6.18 Å². The van der Waals surface area contributed by atoms with Crippen LogP contribution in [-0.2, 0) is 16.1 Å². The summed E-state index contributed by atoms with van der Waals surface area (Å²) in [5.41, 5.74) is 1.95. The maximum atomic E-state index is 13.4. The van der Waals surface area contributed by atoms with Crippen LogP contribution in [0.15, 0.2) is 54.6 Å². The number of amides is 1.